The van der Waals surface area contributed by atoms with Crippen molar-refractivity contribution in [1.29, 1.82) is 0 Å². The van der Waals surface area contributed by atoms with Crippen LogP contribution < -0.4 is 9.80 Å². The molecule has 0 unspecified atom stereocenters. The molecule has 0 bridgehead atoms. The monoisotopic (exact) mass is 1360 g/mol. The Morgan fingerprint density at radius 2 is 1.32 bits per heavy atom. The van der Waals surface area contributed by atoms with Crippen LogP contribution in [0.2, 0.25) is 0 Å². The van der Waals surface area contributed by atoms with Gasteiger partial charge in [-0.15, -0.1) is 0 Å². The number of unbranched alkanes of at least 4 members (excludes halogenated alkanes) is 2. The molecule has 3 fully saturated rings. The molecule has 1 aromatic heterocycles. The third kappa shape index (κ3) is 17.3. The summed E-state index contributed by atoms with van der Waals surface area (Å²) < 4.78 is 110. The highest BCUT2D eigenvalue weighted by atomic mass is 19.4. The van der Waals surface area contributed by atoms with Crippen molar-refractivity contribution in [3.05, 3.63) is 185 Å². The molecule has 524 valence electrons. The summed E-state index contributed by atoms with van der Waals surface area (Å²) in [6.45, 7) is 5.09. The van der Waals surface area contributed by atoms with Crippen LogP contribution >= 0.6 is 0 Å². The van der Waals surface area contributed by atoms with Gasteiger partial charge >= 0.3 is 18.4 Å². The molecule has 10 rings (SSSR count). The molecule has 98 heavy (non-hydrogen) atoms. The first-order valence-corrected chi connectivity index (χ1v) is 33.5. The Balaban J connectivity index is 0.623. The quantitative estimate of drug-likeness (QED) is 0.0405. The van der Waals surface area contributed by atoms with Gasteiger partial charge in [0, 0.05) is 110 Å². The van der Waals surface area contributed by atoms with E-state index in [0.717, 1.165) is 78.3 Å². The highest BCUT2D eigenvalue weighted by Gasteiger charge is 2.50. The molecule has 24 heteroatoms. The number of carboxylic acid groups (broad SMARTS) is 1. The van der Waals surface area contributed by atoms with Gasteiger partial charge in [0.2, 0.25) is 11.8 Å². The predicted octanol–water partition coefficient (Wildman–Crippen LogP) is 12.3. The normalized spacial score (nSPS) is 18.2. The molecule has 1 spiro atoms. The van der Waals surface area contributed by atoms with Crippen LogP contribution in [-0.2, 0) is 48.9 Å². The molecule has 1 aliphatic carbocycles. The summed E-state index contributed by atoms with van der Waals surface area (Å²) in [4.78, 5) is 85.4. The molecule has 5 amide bonds. The van der Waals surface area contributed by atoms with Crippen LogP contribution in [0.15, 0.2) is 140 Å². The van der Waals surface area contributed by atoms with Gasteiger partial charge in [-0.2, -0.15) is 26.3 Å². The van der Waals surface area contributed by atoms with Crippen molar-refractivity contribution in [3.8, 4) is 11.1 Å². The van der Waals surface area contributed by atoms with Crippen molar-refractivity contribution in [1.82, 2.24) is 34.4 Å². The summed E-state index contributed by atoms with van der Waals surface area (Å²) in [7, 11) is 7.21. The largest absolute Gasteiger partial charge is 0.465 e. The average molecular weight is 1360 g/mol. The summed E-state index contributed by atoms with van der Waals surface area (Å²) in [6, 6.07) is 35.2. The molecule has 6 aromatic rings. The van der Waals surface area contributed by atoms with Gasteiger partial charge in [0.15, 0.2) is 0 Å². The number of benzene rings is 5. The second-order valence-corrected chi connectivity index (χ2v) is 26.4. The molecular weight excluding hydrogens is 1280 g/mol. The fraction of sp³-hybridized carbons (Fsp3) is 0.459. The lowest BCUT2D eigenvalue weighted by molar-refractivity contribution is -0.143. The Morgan fingerprint density at radius 1 is 0.673 bits per heavy atom. The number of carbonyl (C=O) groups is 5. The predicted molar refractivity (Wildman–Crippen MR) is 358 cm³/mol. The zero-order valence-corrected chi connectivity index (χ0v) is 55.9. The second-order valence-electron chi connectivity index (χ2n) is 26.4. The van der Waals surface area contributed by atoms with Crippen molar-refractivity contribution in [2.75, 3.05) is 123 Å². The van der Waals surface area contributed by atoms with Crippen LogP contribution in [-0.4, -0.2) is 195 Å². The minimum absolute atomic E-state index is 0.0303. The highest BCUT2D eigenvalue weighted by Crippen LogP contribution is 2.49. The maximum atomic E-state index is 14.2. The fourth-order valence-electron chi connectivity index (χ4n) is 14.2. The summed E-state index contributed by atoms with van der Waals surface area (Å²) >= 11 is 0. The van der Waals surface area contributed by atoms with E-state index in [9.17, 15) is 59.8 Å². The van der Waals surface area contributed by atoms with E-state index in [-0.39, 0.29) is 55.5 Å². The maximum absolute atomic E-state index is 14.2. The smallest absolute Gasteiger partial charge is 0.416 e. The zero-order chi connectivity index (χ0) is 69.9. The fourth-order valence-corrected chi connectivity index (χ4v) is 14.2. The first-order chi connectivity index (χ1) is 46.8. The number of likely N-dealkylation sites (N-methyl/N-ethyl adjacent to an activating group) is 2. The van der Waals surface area contributed by atoms with Gasteiger partial charge in [-0.05, 0) is 142 Å². The Hall–Kier alpha value is -8.45. The first-order valence-electron chi connectivity index (χ1n) is 33.5. The van der Waals surface area contributed by atoms with E-state index in [2.05, 4.69) is 31.8 Å². The van der Waals surface area contributed by atoms with Crippen molar-refractivity contribution in [2.24, 2.45) is 0 Å². The molecule has 3 aliphatic heterocycles. The number of alkyl halides is 6. The number of carbonyl (C=O) groups excluding carboxylic acids is 4. The zero-order valence-electron chi connectivity index (χ0n) is 55.9. The minimum atomic E-state index is -5.15. The van der Waals surface area contributed by atoms with E-state index < -0.39 is 64.6 Å². The van der Waals surface area contributed by atoms with Crippen LogP contribution in [0, 0.1) is 5.82 Å². The number of para-hydroxylation sites is 1. The van der Waals surface area contributed by atoms with Crippen LogP contribution in [0.1, 0.15) is 113 Å². The lowest BCUT2D eigenvalue weighted by atomic mass is 9.72. The number of halogens is 7. The van der Waals surface area contributed by atoms with Crippen molar-refractivity contribution >= 4 is 41.1 Å². The van der Waals surface area contributed by atoms with Crippen molar-refractivity contribution in [2.45, 2.75) is 106 Å². The van der Waals surface area contributed by atoms with Gasteiger partial charge in [0.05, 0.1) is 41.3 Å². The third-order valence-corrected chi connectivity index (χ3v) is 20.1. The lowest BCUT2D eigenvalue weighted by Gasteiger charge is -2.44. The van der Waals surface area contributed by atoms with E-state index in [4.69, 9.17) is 9.47 Å². The van der Waals surface area contributed by atoms with Gasteiger partial charge in [-0.3, -0.25) is 24.1 Å². The number of likely N-dealkylation sites (tertiary alicyclic amines) is 2. The third-order valence-electron chi connectivity index (χ3n) is 20.1. The summed E-state index contributed by atoms with van der Waals surface area (Å²) in [5, 5.41) is 10.4. The SMILES string of the molecule is CN(CCN1CCC(N(C(=O)O)c2ccccc2-c2ccccc2)CC1)C(=O)CCCCCN(C)c1ccc(C(=O)N(C)CCCN(C)C(=O)CO[C@H]2Cc3ccccc3C23CCN(CC[C@@]2(c4ccc(F)cc4)CN(C(=O)c4cc(C(F)(F)F)cc(C(F)(F)F)c4)CO2)CC3)nc1. The number of anilines is 2. The van der Waals surface area contributed by atoms with Gasteiger partial charge in [0.25, 0.3) is 11.8 Å². The standard InChI is InChI=1S/C74H86F7N9O8/c1-83(34-14-6-9-22-66(91)85(3)42-43-87-37-29-59(30-38-87)90(70(95)96)64-21-13-11-19-61(64)52-16-7-5-8-17-52)60-27-28-63(82-48-60)69(94)86(4)36-15-35-84(2)67(92)49-97-65-46-53-18-10-12-20-62(53)71(65)31-39-88(40-32-71)41-33-72(55-23-25-58(75)26-24-55)50-89(51-98-72)68(93)54-44-56(73(76,77)78)47-57(45-54)74(79,80)81/h5,7-8,10-13,16-21,23-28,44-45,47-48,59,65H,6,9,14-15,22,29-43,46,49-51H2,1-4H3,(H,95,96)/t65-,72-/m0/s1. The molecule has 2 atom stereocenters. The maximum Gasteiger partial charge on any atom is 0.416 e. The molecule has 4 aliphatic rings. The topological polar surface area (TPSA) is 163 Å². The lowest BCUT2D eigenvalue weighted by Crippen LogP contribution is -2.50. The number of pyridine rings is 1. The Kier molecular flexibility index (Phi) is 23.3. The molecule has 0 radical (unpaired) electrons. The number of amides is 5. The van der Waals surface area contributed by atoms with Gasteiger partial charge in [-0.25, -0.2) is 14.2 Å². The Morgan fingerprint density at radius 3 is 1.99 bits per heavy atom. The second kappa shape index (κ2) is 31.6. The number of aromatic nitrogens is 1. The number of rotatable bonds is 26. The summed E-state index contributed by atoms with van der Waals surface area (Å²) in [5.41, 5.74) is 0.775. The van der Waals surface area contributed by atoms with Crippen LogP contribution in [0.25, 0.3) is 11.1 Å². The van der Waals surface area contributed by atoms with Crippen LogP contribution in [0.4, 0.5) is 46.9 Å². The van der Waals surface area contributed by atoms with Gasteiger partial charge in [-0.1, -0.05) is 91.3 Å². The highest BCUT2D eigenvalue weighted by molar-refractivity contribution is 5.95. The molecule has 0 saturated carbocycles. The van der Waals surface area contributed by atoms with Crippen molar-refractivity contribution < 1.29 is 69.3 Å². The molecule has 5 aromatic carbocycles. The number of hydrogen-bond acceptors (Lipinski definition) is 11. The number of nitrogens with zero attached hydrogens (tertiary/aromatic N) is 9. The number of hydrogen-bond donors (Lipinski definition) is 1. The van der Waals surface area contributed by atoms with Gasteiger partial charge < -0.3 is 48.9 Å². The van der Waals surface area contributed by atoms with Crippen LogP contribution in [0.5, 0.6) is 0 Å². The number of fused-ring (bicyclic) bond motifs is 2. The van der Waals surface area contributed by atoms with E-state index in [0.29, 0.717) is 113 Å². The summed E-state index contributed by atoms with van der Waals surface area (Å²) in [6.07, 6.45) is -2.88. The van der Waals surface area contributed by atoms with E-state index in [1.54, 1.807) is 41.1 Å². The molecule has 3 saturated heterocycles. The number of ether oxygens (including phenoxy) is 2. The summed E-state index contributed by atoms with van der Waals surface area (Å²) in [5.74, 6) is -1.97. The number of piperidine rings is 2. The van der Waals surface area contributed by atoms with E-state index in [1.807, 2.05) is 86.9 Å². The first kappa shape index (κ1) is 72.3. The van der Waals surface area contributed by atoms with E-state index >= 15 is 0 Å². The minimum Gasteiger partial charge on any atom is -0.465 e. The molecular formula is C74H86F7N9O8. The van der Waals surface area contributed by atoms with Gasteiger partial charge in [0.1, 0.15) is 30.4 Å². The average Bonchev–Trinajstić information content (AvgIpc) is 1.58. The van der Waals surface area contributed by atoms with E-state index in [1.165, 1.54) is 29.2 Å². The molecule has 17 nitrogen and oxygen atoms in total. The molecule has 4 heterocycles. The van der Waals surface area contributed by atoms with Crippen LogP contribution in [0.3, 0.4) is 0 Å². The van der Waals surface area contributed by atoms with Crippen molar-refractivity contribution in [3.63, 3.8) is 0 Å². The molecule has 1 N–H and O–H groups in total. The Bertz CT molecular complexity index is 3690. The Labute approximate surface area is 567 Å².